The number of nitrogens with one attached hydrogen (secondary N) is 2. The molecule has 1 heterocycles. The van der Waals surface area contributed by atoms with Gasteiger partial charge in [0.2, 0.25) is 5.56 Å². The molecule has 52 heavy (non-hydrogen) atoms. The van der Waals surface area contributed by atoms with Gasteiger partial charge < -0.3 is 25.4 Å². The minimum Gasteiger partial charge on any atom is -0.506 e. The van der Waals surface area contributed by atoms with E-state index in [-0.39, 0.29) is 43.8 Å². The van der Waals surface area contributed by atoms with Crippen molar-refractivity contribution in [3.63, 3.8) is 0 Å². The average Bonchev–Trinajstić information content (AvgIpc) is 3.67. The van der Waals surface area contributed by atoms with Crippen LogP contribution in [-0.4, -0.2) is 80.3 Å². The highest BCUT2D eigenvalue weighted by atomic mass is 32.2. The molecule has 282 valence electrons. The largest absolute Gasteiger partial charge is 0.506 e. The second kappa shape index (κ2) is 16.3. The number of aromatic nitrogens is 1. The molecule has 2 unspecified atom stereocenters. The molecule has 14 heteroatoms. The molecule has 2 saturated carbocycles. The molecule has 2 aliphatic carbocycles. The van der Waals surface area contributed by atoms with Crippen LogP contribution in [-0.2, 0) is 24.4 Å². The Labute approximate surface area is 305 Å². The third-order valence-corrected chi connectivity index (χ3v) is 13.2. The summed E-state index contributed by atoms with van der Waals surface area (Å²) in [7, 11) is -6.60. The lowest BCUT2D eigenvalue weighted by Crippen LogP contribution is -2.38. The number of aliphatic hydroxyl groups excluding tert-OH is 1. The molecular weight excluding hydrogens is 707 g/mol. The molecule has 1 aromatic heterocycles. The maximum atomic E-state index is 13.5. The highest BCUT2D eigenvalue weighted by Crippen LogP contribution is 2.49. The monoisotopic (exact) mass is 755 g/mol. The fraction of sp³-hybridized carbons (Fsp3) is 0.500. The lowest BCUT2D eigenvalue weighted by Gasteiger charge is -2.29. The van der Waals surface area contributed by atoms with E-state index in [0.717, 1.165) is 70.9 Å². The third-order valence-electron chi connectivity index (χ3n) is 10.9. The van der Waals surface area contributed by atoms with Crippen LogP contribution in [0.4, 0.5) is 0 Å². The summed E-state index contributed by atoms with van der Waals surface area (Å²) in [6.45, 7) is 2.11. The first-order chi connectivity index (χ1) is 24.8. The van der Waals surface area contributed by atoms with Crippen LogP contribution >= 0.6 is 0 Å². The van der Waals surface area contributed by atoms with Crippen LogP contribution in [0.3, 0.4) is 0 Å². The van der Waals surface area contributed by atoms with Gasteiger partial charge >= 0.3 is 0 Å². The number of hydrogen-bond acceptors (Lipinski definition) is 10. The Bertz CT molecular complexity index is 2160. The van der Waals surface area contributed by atoms with Gasteiger partial charge in [-0.2, -0.15) is 16.8 Å². The smallest absolute Gasteiger partial charge is 0.297 e. The third kappa shape index (κ3) is 8.54. The van der Waals surface area contributed by atoms with Gasteiger partial charge in [0.1, 0.15) is 15.5 Å². The summed E-state index contributed by atoms with van der Waals surface area (Å²) in [6.07, 6.45) is 9.19. The van der Waals surface area contributed by atoms with Gasteiger partial charge in [-0.15, -0.1) is 0 Å². The first-order valence-electron chi connectivity index (χ1n) is 18.2. The molecule has 0 spiro atoms. The SMILES string of the molecule is CN(CCCCCCCCCNC[C@@H](O)c1ccc(O)c2[nH]c(=O)ccc12)C1C2CC[C@@H]1[C@H](OS(=O)(=O)c1cccc3c(S(=O)(=O)O)cccc13)C2. The normalized spacial score (nSPS) is 21.1. The number of phenols is 1. The van der Waals surface area contributed by atoms with Crippen molar-refractivity contribution >= 4 is 41.9 Å². The van der Waals surface area contributed by atoms with E-state index >= 15 is 0 Å². The number of hydrogen-bond donors (Lipinski definition) is 5. The summed E-state index contributed by atoms with van der Waals surface area (Å²) >= 11 is 0. The van der Waals surface area contributed by atoms with Crippen LogP contribution in [0.5, 0.6) is 5.75 Å². The Kier molecular flexibility index (Phi) is 12.0. The van der Waals surface area contributed by atoms with E-state index in [0.29, 0.717) is 35.3 Å². The Morgan fingerprint density at radius 1 is 0.865 bits per heavy atom. The predicted octanol–water partition coefficient (Wildman–Crippen LogP) is 5.49. The van der Waals surface area contributed by atoms with Crippen molar-refractivity contribution in [3.05, 3.63) is 76.6 Å². The zero-order valence-electron chi connectivity index (χ0n) is 29.4. The lowest BCUT2D eigenvalue weighted by molar-refractivity contribution is 0.122. The van der Waals surface area contributed by atoms with Crippen LogP contribution < -0.4 is 10.9 Å². The van der Waals surface area contributed by atoms with Crippen molar-refractivity contribution in [1.82, 2.24) is 15.2 Å². The maximum absolute atomic E-state index is 13.5. The first-order valence-corrected chi connectivity index (χ1v) is 21.1. The molecule has 0 radical (unpaired) electrons. The number of pyridine rings is 1. The van der Waals surface area contributed by atoms with Crippen molar-refractivity contribution in [3.8, 4) is 5.75 Å². The van der Waals surface area contributed by atoms with Gasteiger partial charge in [-0.3, -0.25) is 13.5 Å². The topological polar surface area (TPSA) is 186 Å². The first kappa shape index (κ1) is 38.4. The van der Waals surface area contributed by atoms with Gasteiger partial charge in [0.15, 0.2) is 0 Å². The van der Waals surface area contributed by atoms with E-state index in [1.807, 2.05) is 0 Å². The Hall–Kier alpha value is -3.37. The number of benzene rings is 3. The molecule has 2 fully saturated rings. The van der Waals surface area contributed by atoms with Crippen molar-refractivity contribution in [1.29, 1.82) is 0 Å². The van der Waals surface area contributed by atoms with Crippen LogP contribution in [0, 0.1) is 11.8 Å². The molecule has 4 aromatic rings. The van der Waals surface area contributed by atoms with Gasteiger partial charge in [0.25, 0.3) is 20.2 Å². The van der Waals surface area contributed by atoms with Crippen molar-refractivity contribution in [2.24, 2.45) is 11.8 Å². The second-order valence-corrected chi connectivity index (χ2v) is 17.3. The number of phenolic OH excluding ortho intramolecular Hbond substituents is 1. The molecule has 5 atom stereocenters. The van der Waals surface area contributed by atoms with Crippen LogP contribution in [0.15, 0.2) is 75.2 Å². The summed E-state index contributed by atoms with van der Waals surface area (Å²) in [5, 5.41) is 25.0. The Morgan fingerprint density at radius 3 is 2.27 bits per heavy atom. The number of unbranched alkanes of at least 4 members (excludes halogenated alkanes) is 6. The van der Waals surface area contributed by atoms with Gasteiger partial charge in [-0.05, 0) is 88.0 Å². The molecule has 12 nitrogen and oxygen atoms in total. The number of aromatic hydroxyl groups is 1. The molecule has 0 amide bonds. The zero-order valence-corrected chi connectivity index (χ0v) is 31.0. The summed E-state index contributed by atoms with van der Waals surface area (Å²) in [5.74, 6) is 0.450. The number of aromatic amines is 1. The fourth-order valence-electron chi connectivity index (χ4n) is 8.48. The van der Waals surface area contributed by atoms with E-state index in [1.54, 1.807) is 12.1 Å². The van der Waals surface area contributed by atoms with Gasteiger partial charge in [0.05, 0.1) is 17.7 Å². The maximum Gasteiger partial charge on any atom is 0.297 e. The van der Waals surface area contributed by atoms with Crippen molar-refractivity contribution in [2.75, 3.05) is 26.7 Å². The molecule has 3 aromatic carbocycles. The summed E-state index contributed by atoms with van der Waals surface area (Å²) < 4.78 is 66.4. The van der Waals surface area contributed by atoms with Crippen molar-refractivity contribution < 1.29 is 35.8 Å². The minimum atomic E-state index is -4.54. The molecule has 0 aliphatic heterocycles. The van der Waals surface area contributed by atoms with Crippen LogP contribution in [0.25, 0.3) is 21.7 Å². The zero-order chi connectivity index (χ0) is 37.0. The van der Waals surface area contributed by atoms with Crippen molar-refractivity contribution in [2.45, 2.75) is 92.2 Å². The van der Waals surface area contributed by atoms with Crippen LogP contribution in [0.2, 0.25) is 0 Å². The number of nitrogens with zero attached hydrogens (tertiary/aromatic N) is 1. The van der Waals surface area contributed by atoms with E-state index in [4.69, 9.17) is 4.18 Å². The second-order valence-electron chi connectivity index (χ2n) is 14.4. The van der Waals surface area contributed by atoms with Gasteiger partial charge in [0, 0.05) is 40.7 Å². The fourth-order valence-corrected chi connectivity index (χ4v) is 10.5. The van der Waals surface area contributed by atoms with Gasteiger partial charge in [-0.1, -0.05) is 62.4 Å². The molecule has 2 bridgehead atoms. The minimum absolute atomic E-state index is 0.0256. The number of aliphatic hydroxyl groups is 1. The number of fused-ring (bicyclic) bond motifs is 4. The molecule has 5 N–H and O–H groups in total. The predicted molar refractivity (Wildman–Crippen MR) is 199 cm³/mol. The van der Waals surface area contributed by atoms with E-state index < -0.39 is 32.4 Å². The average molecular weight is 756 g/mol. The molecular formula is C38H49N3O9S2. The summed E-state index contributed by atoms with van der Waals surface area (Å²) in [5.41, 5.74) is 0.675. The van der Waals surface area contributed by atoms with Crippen LogP contribution in [0.1, 0.15) is 75.9 Å². The molecule has 0 saturated heterocycles. The Balaban J connectivity index is 0.884. The van der Waals surface area contributed by atoms with E-state index in [2.05, 4.69) is 22.2 Å². The number of H-pyrrole nitrogens is 1. The summed E-state index contributed by atoms with van der Waals surface area (Å²) in [6, 6.07) is 15.0. The lowest BCUT2D eigenvalue weighted by atomic mass is 9.98. The quantitative estimate of drug-likeness (QED) is 0.0491. The highest BCUT2D eigenvalue weighted by molar-refractivity contribution is 7.87. The highest BCUT2D eigenvalue weighted by Gasteiger charge is 2.51. The van der Waals surface area contributed by atoms with E-state index in [9.17, 15) is 36.4 Å². The van der Waals surface area contributed by atoms with E-state index in [1.165, 1.54) is 48.5 Å². The summed E-state index contributed by atoms with van der Waals surface area (Å²) in [4.78, 5) is 16.2. The molecule has 2 aliphatic rings. The van der Waals surface area contributed by atoms with Gasteiger partial charge in [-0.25, -0.2) is 0 Å². The molecule has 6 rings (SSSR count). The Morgan fingerprint density at radius 2 is 1.54 bits per heavy atom. The standard InChI is InChI=1S/C38H49N3O9S2/c1-41(22-8-6-4-2-3-5-7-21-39-24-32(43)26-17-19-31(42)37-29(26)18-20-36(44)40-37)38-25-15-16-30(38)33(23-25)50-52(48,49)35-14-10-11-27-28(35)12-9-13-34(27)51(45,46)47/h9-14,17-20,25,30,32-33,38-39,42-43H,2-8,15-16,21-24H2,1H3,(H,40,44)(H,45,46,47)/t25?,30-,32-,33-,38?/m1/s1. The number of rotatable bonds is 18.